The lowest BCUT2D eigenvalue weighted by molar-refractivity contribution is -0.138. The monoisotopic (exact) mass is 470 g/mol. The van der Waals surface area contributed by atoms with Crippen molar-refractivity contribution in [1.82, 2.24) is 24.9 Å². The SMILES string of the molecule is CCCN1CCN(C(=O)[C@@H]2CCCN(C(=O)c3nnc(C(=O)Nc4ccccc4)s3)C2)CC1. The van der Waals surface area contributed by atoms with Crippen LogP contribution in [0.25, 0.3) is 0 Å². The third-order valence-electron chi connectivity index (χ3n) is 6.12. The van der Waals surface area contributed by atoms with Crippen molar-refractivity contribution in [3.05, 3.63) is 40.3 Å². The van der Waals surface area contributed by atoms with Crippen LogP contribution in [0.3, 0.4) is 0 Å². The van der Waals surface area contributed by atoms with Gasteiger partial charge in [-0.25, -0.2) is 0 Å². The number of carbonyl (C=O) groups excluding carboxylic acids is 3. The molecule has 2 saturated heterocycles. The zero-order valence-corrected chi connectivity index (χ0v) is 19.7. The molecule has 176 valence electrons. The number of nitrogens with zero attached hydrogens (tertiary/aromatic N) is 5. The van der Waals surface area contributed by atoms with Crippen LogP contribution in [-0.4, -0.2) is 88.4 Å². The highest BCUT2D eigenvalue weighted by Gasteiger charge is 2.34. The van der Waals surface area contributed by atoms with Gasteiger partial charge in [-0.1, -0.05) is 36.5 Å². The first-order valence-corrected chi connectivity index (χ1v) is 12.4. The smallest absolute Gasteiger partial charge is 0.286 e. The minimum absolute atomic E-state index is 0.136. The summed E-state index contributed by atoms with van der Waals surface area (Å²) >= 11 is 0.978. The molecule has 9 nitrogen and oxygen atoms in total. The largest absolute Gasteiger partial charge is 0.340 e. The fraction of sp³-hybridized carbons (Fsp3) is 0.522. The van der Waals surface area contributed by atoms with E-state index in [4.69, 9.17) is 0 Å². The number of hydrogen-bond acceptors (Lipinski definition) is 7. The maximum absolute atomic E-state index is 13.1. The average Bonchev–Trinajstić information content (AvgIpc) is 3.35. The summed E-state index contributed by atoms with van der Waals surface area (Å²) in [7, 11) is 0. The van der Waals surface area contributed by atoms with Crippen molar-refractivity contribution in [2.24, 2.45) is 5.92 Å². The van der Waals surface area contributed by atoms with Crippen LogP contribution < -0.4 is 5.32 Å². The Morgan fingerprint density at radius 2 is 1.73 bits per heavy atom. The zero-order chi connectivity index (χ0) is 23.2. The number of carbonyl (C=O) groups is 3. The van der Waals surface area contributed by atoms with Crippen LogP contribution in [0.5, 0.6) is 0 Å². The molecule has 0 saturated carbocycles. The molecule has 0 unspecified atom stereocenters. The quantitative estimate of drug-likeness (QED) is 0.695. The van der Waals surface area contributed by atoms with Crippen molar-refractivity contribution < 1.29 is 14.4 Å². The Kier molecular flexibility index (Phi) is 7.66. The molecule has 1 atom stereocenters. The molecule has 0 radical (unpaired) electrons. The molecule has 0 aliphatic carbocycles. The zero-order valence-electron chi connectivity index (χ0n) is 18.9. The van der Waals surface area contributed by atoms with E-state index in [1.165, 1.54) is 0 Å². The second-order valence-electron chi connectivity index (χ2n) is 8.49. The van der Waals surface area contributed by atoms with Crippen molar-refractivity contribution in [2.45, 2.75) is 26.2 Å². The predicted octanol–water partition coefficient (Wildman–Crippen LogP) is 2.20. The van der Waals surface area contributed by atoms with E-state index in [9.17, 15) is 14.4 Å². The second-order valence-corrected chi connectivity index (χ2v) is 9.47. The molecule has 3 heterocycles. The first-order valence-electron chi connectivity index (χ1n) is 11.6. The standard InChI is InChI=1S/C23H30N6O3S/c1-2-10-27-12-14-28(15-13-27)22(31)17-7-6-11-29(16-17)23(32)21-26-25-20(33-21)19(30)24-18-8-4-3-5-9-18/h3-5,8-9,17H,2,6-7,10-16H2,1H3,(H,24,30)/t17-/m1/s1. The maximum atomic E-state index is 13.1. The van der Waals surface area contributed by atoms with Gasteiger partial charge >= 0.3 is 0 Å². The fourth-order valence-electron chi connectivity index (χ4n) is 4.37. The summed E-state index contributed by atoms with van der Waals surface area (Å²) in [6.45, 7) is 7.53. The number of piperazine rings is 1. The second kappa shape index (κ2) is 10.8. The van der Waals surface area contributed by atoms with Gasteiger partial charge in [-0.3, -0.25) is 19.3 Å². The minimum atomic E-state index is -0.397. The van der Waals surface area contributed by atoms with Crippen molar-refractivity contribution in [3.8, 4) is 0 Å². The van der Waals surface area contributed by atoms with Crippen molar-refractivity contribution in [1.29, 1.82) is 0 Å². The fourth-order valence-corrected chi connectivity index (χ4v) is 5.08. The number of para-hydroxylation sites is 1. The Hall–Kier alpha value is -2.85. The lowest BCUT2D eigenvalue weighted by Gasteiger charge is -2.38. The number of nitrogens with one attached hydrogen (secondary N) is 1. The molecule has 2 aliphatic heterocycles. The molecule has 1 N–H and O–H groups in total. The number of likely N-dealkylation sites (tertiary alicyclic amines) is 1. The number of rotatable bonds is 6. The van der Waals surface area contributed by atoms with Crippen molar-refractivity contribution in [2.75, 3.05) is 51.1 Å². The molecule has 2 aliphatic rings. The van der Waals surface area contributed by atoms with E-state index < -0.39 is 5.91 Å². The van der Waals surface area contributed by atoms with E-state index in [0.717, 1.165) is 63.3 Å². The highest BCUT2D eigenvalue weighted by Crippen LogP contribution is 2.23. The van der Waals surface area contributed by atoms with E-state index in [1.54, 1.807) is 17.0 Å². The van der Waals surface area contributed by atoms with Gasteiger partial charge in [0, 0.05) is 45.0 Å². The van der Waals surface area contributed by atoms with Crippen LogP contribution >= 0.6 is 11.3 Å². The third-order valence-corrected chi connectivity index (χ3v) is 7.03. The first kappa shape index (κ1) is 23.3. The van der Waals surface area contributed by atoms with Gasteiger partial charge in [-0.2, -0.15) is 0 Å². The summed E-state index contributed by atoms with van der Waals surface area (Å²) in [5.41, 5.74) is 0.651. The molecule has 4 rings (SSSR count). The van der Waals surface area contributed by atoms with Gasteiger partial charge in [0.1, 0.15) is 0 Å². The summed E-state index contributed by atoms with van der Waals surface area (Å²) in [5, 5.41) is 10.9. The van der Waals surface area contributed by atoms with Gasteiger partial charge < -0.3 is 15.1 Å². The van der Waals surface area contributed by atoms with Crippen LogP contribution in [0.2, 0.25) is 0 Å². The average molecular weight is 471 g/mol. The Morgan fingerprint density at radius 3 is 2.45 bits per heavy atom. The van der Waals surface area contributed by atoms with Gasteiger partial charge in [0.25, 0.3) is 11.8 Å². The summed E-state index contributed by atoms with van der Waals surface area (Å²) in [4.78, 5) is 44.5. The molecular weight excluding hydrogens is 440 g/mol. The molecule has 2 aromatic rings. The topological polar surface area (TPSA) is 98.7 Å². The molecule has 33 heavy (non-hydrogen) atoms. The Balaban J connectivity index is 1.33. The van der Waals surface area contributed by atoms with Crippen LogP contribution in [-0.2, 0) is 4.79 Å². The third kappa shape index (κ3) is 5.75. The van der Waals surface area contributed by atoms with Crippen LogP contribution in [0, 0.1) is 5.92 Å². The van der Waals surface area contributed by atoms with Crippen LogP contribution in [0.15, 0.2) is 30.3 Å². The van der Waals surface area contributed by atoms with Crippen molar-refractivity contribution >= 4 is 34.7 Å². The number of piperidine rings is 1. The molecule has 0 bridgehead atoms. The lowest BCUT2D eigenvalue weighted by Crippen LogP contribution is -2.53. The normalized spacial score (nSPS) is 19.4. The summed E-state index contributed by atoms with van der Waals surface area (Å²) in [6.07, 6.45) is 2.69. The minimum Gasteiger partial charge on any atom is -0.340 e. The number of hydrogen-bond donors (Lipinski definition) is 1. The van der Waals surface area contributed by atoms with Gasteiger partial charge in [0.2, 0.25) is 15.9 Å². The first-order chi connectivity index (χ1) is 16.0. The summed E-state index contributed by atoms with van der Waals surface area (Å²) < 4.78 is 0. The predicted molar refractivity (Wildman–Crippen MR) is 126 cm³/mol. The molecular formula is C23H30N6O3S. The highest BCUT2D eigenvalue weighted by atomic mass is 32.1. The number of amides is 3. The van der Waals surface area contributed by atoms with Gasteiger partial charge in [0.15, 0.2) is 0 Å². The molecule has 2 fully saturated rings. The number of benzene rings is 1. The van der Waals surface area contributed by atoms with Crippen LogP contribution in [0.1, 0.15) is 45.8 Å². The van der Waals surface area contributed by atoms with E-state index >= 15 is 0 Å². The summed E-state index contributed by atoms with van der Waals surface area (Å²) in [5.74, 6) is -0.707. The number of anilines is 1. The highest BCUT2D eigenvalue weighted by molar-refractivity contribution is 7.15. The summed E-state index contributed by atoms with van der Waals surface area (Å²) in [6, 6.07) is 9.06. The Labute approximate surface area is 197 Å². The lowest BCUT2D eigenvalue weighted by atomic mass is 9.96. The van der Waals surface area contributed by atoms with E-state index in [1.807, 2.05) is 23.1 Å². The Bertz CT molecular complexity index is 974. The Morgan fingerprint density at radius 1 is 1.00 bits per heavy atom. The van der Waals surface area contributed by atoms with Gasteiger partial charge in [-0.05, 0) is 37.9 Å². The number of aromatic nitrogens is 2. The molecule has 1 aromatic carbocycles. The molecule has 10 heteroatoms. The molecule has 1 aromatic heterocycles. The van der Waals surface area contributed by atoms with Gasteiger partial charge in [-0.15, -0.1) is 10.2 Å². The van der Waals surface area contributed by atoms with Gasteiger partial charge in [0.05, 0.1) is 5.92 Å². The van der Waals surface area contributed by atoms with Crippen LogP contribution in [0.4, 0.5) is 5.69 Å². The van der Waals surface area contributed by atoms with Crippen molar-refractivity contribution in [3.63, 3.8) is 0 Å². The van der Waals surface area contributed by atoms with E-state index in [2.05, 4.69) is 27.3 Å². The molecule has 3 amide bonds. The van der Waals surface area contributed by atoms with E-state index in [0.29, 0.717) is 18.8 Å². The molecule has 0 spiro atoms. The maximum Gasteiger partial charge on any atom is 0.286 e. The van der Waals surface area contributed by atoms with E-state index in [-0.39, 0.29) is 27.7 Å².